The van der Waals surface area contributed by atoms with E-state index in [2.05, 4.69) is 5.32 Å². The lowest BCUT2D eigenvalue weighted by atomic mass is 10.2. The Morgan fingerprint density at radius 1 is 1.47 bits per heavy atom. The zero-order chi connectivity index (χ0) is 13.8. The lowest BCUT2D eigenvalue weighted by molar-refractivity contribution is -0.126. The first-order valence-electron chi connectivity index (χ1n) is 6.03. The minimum Gasteiger partial charge on any atom is -0.336 e. The van der Waals surface area contributed by atoms with Crippen LogP contribution in [-0.2, 0) is 10.5 Å². The molecule has 1 saturated heterocycles. The molecule has 0 bridgehead atoms. The fraction of sp³-hybridized carbons (Fsp3) is 0.385. The van der Waals surface area contributed by atoms with E-state index in [1.54, 1.807) is 0 Å². The molecule has 6 heteroatoms. The molecule has 1 aromatic rings. The van der Waals surface area contributed by atoms with E-state index < -0.39 is 0 Å². The van der Waals surface area contributed by atoms with Crippen LogP contribution in [-0.4, -0.2) is 35.2 Å². The Kier molecular flexibility index (Phi) is 4.71. The van der Waals surface area contributed by atoms with E-state index in [-0.39, 0.29) is 17.2 Å². The lowest BCUT2D eigenvalue weighted by Gasteiger charge is -2.17. The molecule has 0 spiro atoms. The zero-order valence-corrected chi connectivity index (χ0v) is 12.1. The summed E-state index contributed by atoms with van der Waals surface area (Å²) in [6.45, 7) is 2.83. The summed E-state index contributed by atoms with van der Waals surface area (Å²) in [5.41, 5.74) is 1.11. The smallest absolute Gasteiger partial charge is 0.324 e. The SMILES string of the molecule is CC(SCc1ccc(Cl)cc1)C(=O)N1CCNC1=O. The van der Waals surface area contributed by atoms with Crippen molar-refractivity contribution in [2.75, 3.05) is 13.1 Å². The van der Waals surface area contributed by atoms with Crippen molar-refractivity contribution in [3.05, 3.63) is 34.9 Å². The number of nitrogens with zero attached hydrogens (tertiary/aromatic N) is 1. The minimum absolute atomic E-state index is 0.131. The average molecular weight is 299 g/mol. The van der Waals surface area contributed by atoms with Crippen LogP contribution in [0.2, 0.25) is 5.02 Å². The molecule has 0 radical (unpaired) electrons. The van der Waals surface area contributed by atoms with Gasteiger partial charge in [0.25, 0.3) is 0 Å². The van der Waals surface area contributed by atoms with Gasteiger partial charge in [-0.2, -0.15) is 0 Å². The summed E-state index contributed by atoms with van der Waals surface area (Å²) >= 11 is 7.33. The van der Waals surface area contributed by atoms with Gasteiger partial charge >= 0.3 is 6.03 Å². The summed E-state index contributed by atoms with van der Waals surface area (Å²) in [5.74, 6) is 0.591. The van der Waals surface area contributed by atoms with Gasteiger partial charge in [0.05, 0.1) is 5.25 Å². The van der Waals surface area contributed by atoms with Crippen LogP contribution >= 0.6 is 23.4 Å². The third kappa shape index (κ3) is 3.64. The number of rotatable bonds is 4. The number of benzene rings is 1. The topological polar surface area (TPSA) is 49.4 Å². The molecular formula is C13H15ClN2O2S. The Morgan fingerprint density at radius 2 is 2.16 bits per heavy atom. The van der Waals surface area contributed by atoms with Crippen LogP contribution in [0.4, 0.5) is 4.79 Å². The highest BCUT2D eigenvalue weighted by Gasteiger charge is 2.29. The third-order valence-corrected chi connectivity index (χ3v) is 4.34. The van der Waals surface area contributed by atoms with Crippen molar-refractivity contribution in [1.29, 1.82) is 0 Å². The number of halogens is 1. The van der Waals surface area contributed by atoms with Crippen molar-refractivity contribution in [2.24, 2.45) is 0 Å². The van der Waals surface area contributed by atoms with Gasteiger partial charge < -0.3 is 5.32 Å². The van der Waals surface area contributed by atoms with Crippen LogP contribution in [0.15, 0.2) is 24.3 Å². The molecule has 1 atom stereocenters. The summed E-state index contributed by atoms with van der Waals surface area (Å²) in [7, 11) is 0. The highest BCUT2D eigenvalue weighted by atomic mass is 35.5. The maximum absolute atomic E-state index is 12.1. The Morgan fingerprint density at radius 3 is 2.74 bits per heavy atom. The summed E-state index contributed by atoms with van der Waals surface area (Å²) in [6, 6.07) is 7.25. The van der Waals surface area contributed by atoms with Gasteiger partial charge in [-0.15, -0.1) is 11.8 Å². The second-order valence-electron chi connectivity index (χ2n) is 4.30. The standard InChI is InChI=1S/C13H15ClN2O2S/c1-9(12(17)16-7-6-15-13(16)18)19-8-10-2-4-11(14)5-3-10/h2-5,9H,6-8H2,1H3,(H,15,18). The van der Waals surface area contributed by atoms with Crippen molar-refractivity contribution in [2.45, 2.75) is 17.9 Å². The lowest BCUT2D eigenvalue weighted by Crippen LogP contribution is -2.38. The van der Waals surface area contributed by atoms with Gasteiger partial charge in [0.2, 0.25) is 5.91 Å². The number of urea groups is 1. The fourth-order valence-corrected chi connectivity index (χ4v) is 2.81. The van der Waals surface area contributed by atoms with Crippen LogP contribution in [0.3, 0.4) is 0 Å². The number of hydrogen-bond acceptors (Lipinski definition) is 3. The van der Waals surface area contributed by atoms with Crippen molar-refractivity contribution in [1.82, 2.24) is 10.2 Å². The molecule has 4 nitrogen and oxygen atoms in total. The molecule has 1 heterocycles. The average Bonchev–Trinajstić information content (AvgIpc) is 2.83. The molecule has 1 aliphatic rings. The molecule has 1 fully saturated rings. The van der Waals surface area contributed by atoms with Crippen LogP contribution in [0.25, 0.3) is 0 Å². The quantitative estimate of drug-likeness (QED) is 0.929. The molecule has 0 aromatic heterocycles. The molecule has 1 unspecified atom stereocenters. The summed E-state index contributed by atoms with van der Waals surface area (Å²) in [6.07, 6.45) is 0. The Hall–Kier alpha value is -1.20. The van der Waals surface area contributed by atoms with E-state index in [0.717, 1.165) is 11.3 Å². The summed E-state index contributed by atoms with van der Waals surface area (Å²) < 4.78 is 0. The first-order valence-corrected chi connectivity index (χ1v) is 7.46. The molecule has 2 rings (SSSR count). The molecule has 19 heavy (non-hydrogen) atoms. The van der Waals surface area contributed by atoms with E-state index in [1.165, 1.54) is 16.7 Å². The van der Waals surface area contributed by atoms with E-state index in [9.17, 15) is 9.59 Å². The van der Waals surface area contributed by atoms with Gasteiger partial charge in [-0.05, 0) is 24.6 Å². The third-order valence-electron chi connectivity index (χ3n) is 2.88. The molecule has 1 aromatic carbocycles. The number of hydrogen-bond donors (Lipinski definition) is 1. The normalized spacial score (nSPS) is 16.3. The monoisotopic (exact) mass is 298 g/mol. The number of carbonyl (C=O) groups is 2. The molecular weight excluding hydrogens is 284 g/mol. The van der Waals surface area contributed by atoms with E-state index in [1.807, 2.05) is 31.2 Å². The van der Waals surface area contributed by atoms with Gasteiger partial charge in [-0.3, -0.25) is 9.69 Å². The minimum atomic E-state index is -0.288. The Labute approximate surface area is 121 Å². The van der Waals surface area contributed by atoms with Crippen LogP contribution < -0.4 is 5.32 Å². The maximum atomic E-state index is 12.1. The molecule has 1 N–H and O–H groups in total. The summed E-state index contributed by atoms with van der Waals surface area (Å²) in [5, 5.41) is 3.09. The number of imide groups is 1. The highest BCUT2D eigenvalue weighted by Crippen LogP contribution is 2.21. The van der Waals surface area contributed by atoms with Gasteiger partial charge in [-0.1, -0.05) is 23.7 Å². The van der Waals surface area contributed by atoms with Crippen molar-refractivity contribution < 1.29 is 9.59 Å². The first kappa shape index (κ1) is 14.2. The van der Waals surface area contributed by atoms with Crippen LogP contribution in [0.1, 0.15) is 12.5 Å². The number of amides is 3. The molecule has 0 aliphatic carbocycles. The number of thioether (sulfide) groups is 1. The van der Waals surface area contributed by atoms with Crippen molar-refractivity contribution >= 4 is 35.3 Å². The second-order valence-corrected chi connectivity index (χ2v) is 6.07. The second kappa shape index (κ2) is 6.30. The van der Waals surface area contributed by atoms with Gasteiger partial charge in [-0.25, -0.2) is 4.79 Å². The van der Waals surface area contributed by atoms with Gasteiger partial charge in [0, 0.05) is 23.9 Å². The van der Waals surface area contributed by atoms with Gasteiger partial charge in [0.1, 0.15) is 0 Å². The Bertz CT molecular complexity index is 478. The molecule has 3 amide bonds. The van der Waals surface area contributed by atoms with Crippen LogP contribution in [0, 0.1) is 0 Å². The van der Waals surface area contributed by atoms with Crippen LogP contribution in [0.5, 0.6) is 0 Å². The highest BCUT2D eigenvalue weighted by molar-refractivity contribution is 7.99. The predicted octanol–water partition coefficient (Wildman–Crippen LogP) is 2.51. The predicted molar refractivity (Wildman–Crippen MR) is 77.3 cm³/mol. The largest absolute Gasteiger partial charge is 0.336 e. The number of nitrogens with one attached hydrogen (secondary N) is 1. The Balaban J connectivity index is 1.87. The van der Waals surface area contributed by atoms with Gasteiger partial charge in [0.15, 0.2) is 0 Å². The molecule has 102 valence electrons. The van der Waals surface area contributed by atoms with Crippen molar-refractivity contribution in [3.8, 4) is 0 Å². The fourth-order valence-electron chi connectivity index (χ4n) is 1.77. The van der Waals surface area contributed by atoms with E-state index in [4.69, 9.17) is 11.6 Å². The first-order chi connectivity index (χ1) is 9.08. The van der Waals surface area contributed by atoms with E-state index >= 15 is 0 Å². The molecule has 0 saturated carbocycles. The molecule has 1 aliphatic heterocycles. The summed E-state index contributed by atoms with van der Waals surface area (Å²) in [4.78, 5) is 24.7. The zero-order valence-electron chi connectivity index (χ0n) is 10.6. The maximum Gasteiger partial charge on any atom is 0.324 e. The number of carbonyl (C=O) groups excluding carboxylic acids is 2. The van der Waals surface area contributed by atoms with Crippen molar-refractivity contribution in [3.63, 3.8) is 0 Å². The van der Waals surface area contributed by atoms with E-state index in [0.29, 0.717) is 18.1 Å².